The fourth-order valence-corrected chi connectivity index (χ4v) is 4.92. The molecule has 80 valence electrons. The summed E-state index contributed by atoms with van der Waals surface area (Å²) in [7, 11) is 0. The van der Waals surface area contributed by atoms with Crippen LogP contribution in [0.3, 0.4) is 0 Å². The highest BCUT2D eigenvalue weighted by molar-refractivity contribution is 7.21. The summed E-state index contributed by atoms with van der Waals surface area (Å²) in [5.74, 6) is 0. The number of fused-ring (bicyclic) bond motifs is 2. The second-order valence-corrected chi connectivity index (χ2v) is 6.61. The van der Waals surface area contributed by atoms with Gasteiger partial charge in [-0.25, -0.2) is 0 Å². The van der Waals surface area contributed by atoms with E-state index in [-0.39, 0.29) is 0 Å². The van der Waals surface area contributed by atoms with Crippen molar-refractivity contribution in [1.82, 2.24) is 0 Å². The smallest absolute Gasteiger partial charge is 0.0449 e. The van der Waals surface area contributed by atoms with Crippen molar-refractivity contribution in [3.8, 4) is 0 Å². The van der Waals surface area contributed by atoms with Gasteiger partial charge in [-0.1, -0.05) is 0 Å². The summed E-state index contributed by atoms with van der Waals surface area (Å²) in [5.41, 5.74) is 0. The molecular formula is C12H8S4. The van der Waals surface area contributed by atoms with Gasteiger partial charge >= 0.3 is 0 Å². The summed E-state index contributed by atoms with van der Waals surface area (Å²) < 4.78 is 2.82. The molecule has 0 aromatic carbocycles. The van der Waals surface area contributed by atoms with Crippen LogP contribution in [-0.2, 0) is 0 Å². The first-order valence-electron chi connectivity index (χ1n) is 4.72. The molecule has 0 atom stereocenters. The maximum absolute atomic E-state index is 2.18. The van der Waals surface area contributed by atoms with Gasteiger partial charge in [-0.05, 0) is 33.7 Å². The maximum Gasteiger partial charge on any atom is 0.0449 e. The van der Waals surface area contributed by atoms with E-state index in [9.17, 15) is 0 Å². The van der Waals surface area contributed by atoms with Gasteiger partial charge < -0.3 is 0 Å². The molecule has 0 radical (unpaired) electrons. The Balaban J connectivity index is 0.000000101. The highest BCUT2D eigenvalue weighted by Gasteiger charge is 1.91. The molecule has 0 N–H and O–H groups in total. The molecule has 0 spiro atoms. The summed E-state index contributed by atoms with van der Waals surface area (Å²) in [6.45, 7) is 0. The average Bonchev–Trinajstić information content (AvgIpc) is 2.99. The molecule has 4 aromatic heterocycles. The molecule has 0 amide bonds. The summed E-state index contributed by atoms with van der Waals surface area (Å²) in [5, 5.41) is 15.7. The van der Waals surface area contributed by atoms with Crippen molar-refractivity contribution < 1.29 is 0 Å². The van der Waals surface area contributed by atoms with Crippen molar-refractivity contribution in [1.29, 1.82) is 0 Å². The second-order valence-electron chi connectivity index (χ2n) is 3.22. The SMILES string of the molecule is c1cc2cscc2s1.c1cc2cscc2s1. The van der Waals surface area contributed by atoms with Crippen LogP contribution in [0.25, 0.3) is 20.2 Å². The Hall–Kier alpha value is -0.680. The fourth-order valence-electron chi connectivity index (χ4n) is 1.39. The minimum absolute atomic E-state index is 1.39. The van der Waals surface area contributed by atoms with Gasteiger partial charge in [0.25, 0.3) is 0 Å². The Kier molecular flexibility index (Phi) is 3.06. The summed E-state index contributed by atoms with van der Waals surface area (Å²) in [4.78, 5) is 0. The van der Waals surface area contributed by atoms with Crippen molar-refractivity contribution in [2.45, 2.75) is 0 Å². The molecule has 0 unspecified atom stereocenters. The lowest BCUT2D eigenvalue weighted by Gasteiger charge is -1.63. The van der Waals surface area contributed by atoms with E-state index in [1.54, 1.807) is 45.3 Å². The molecule has 4 heteroatoms. The molecule has 0 aliphatic heterocycles. The van der Waals surface area contributed by atoms with Crippen molar-refractivity contribution in [3.05, 3.63) is 44.4 Å². The van der Waals surface area contributed by atoms with Crippen molar-refractivity contribution in [2.75, 3.05) is 0 Å². The highest BCUT2D eigenvalue weighted by atomic mass is 32.1. The van der Waals surface area contributed by atoms with E-state index >= 15 is 0 Å². The van der Waals surface area contributed by atoms with Crippen molar-refractivity contribution >= 4 is 65.5 Å². The molecule has 0 saturated carbocycles. The van der Waals surface area contributed by atoms with E-state index in [0.29, 0.717) is 0 Å². The van der Waals surface area contributed by atoms with Gasteiger partial charge in [-0.2, -0.15) is 22.7 Å². The number of thiophene rings is 4. The largest absolute Gasteiger partial charge is 0.150 e. The van der Waals surface area contributed by atoms with E-state index in [1.165, 1.54) is 20.2 Å². The lowest BCUT2D eigenvalue weighted by Crippen LogP contribution is -1.36. The molecule has 4 heterocycles. The van der Waals surface area contributed by atoms with Crippen LogP contribution in [0.15, 0.2) is 44.4 Å². The Morgan fingerprint density at radius 1 is 0.625 bits per heavy atom. The minimum Gasteiger partial charge on any atom is -0.150 e. The number of rotatable bonds is 0. The van der Waals surface area contributed by atoms with E-state index in [0.717, 1.165) is 0 Å². The predicted octanol–water partition coefficient (Wildman–Crippen LogP) is 5.93. The van der Waals surface area contributed by atoms with Crippen LogP contribution in [-0.4, -0.2) is 0 Å². The lowest BCUT2D eigenvalue weighted by molar-refractivity contribution is 2.18. The molecular weight excluding hydrogens is 272 g/mol. The first kappa shape index (κ1) is 10.5. The molecule has 16 heavy (non-hydrogen) atoms. The second kappa shape index (κ2) is 4.67. The van der Waals surface area contributed by atoms with Gasteiger partial charge in [0.2, 0.25) is 0 Å². The zero-order chi connectivity index (χ0) is 10.8. The maximum atomic E-state index is 2.18. The van der Waals surface area contributed by atoms with Crippen LogP contribution >= 0.6 is 45.3 Å². The average molecular weight is 280 g/mol. The van der Waals surface area contributed by atoms with Gasteiger partial charge in [0.15, 0.2) is 0 Å². The zero-order valence-electron chi connectivity index (χ0n) is 8.25. The Bertz CT molecular complexity index is 516. The lowest BCUT2D eigenvalue weighted by atomic mass is 10.4. The first-order valence-corrected chi connectivity index (χ1v) is 8.37. The molecule has 0 fully saturated rings. The van der Waals surface area contributed by atoms with Gasteiger partial charge in [-0.15, -0.1) is 22.7 Å². The first-order chi connectivity index (χ1) is 7.93. The Morgan fingerprint density at radius 2 is 1.12 bits per heavy atom. The quantitative estimate of drug-likeness (QED) is 0.375. The van der Waals surface area contributed by atoms with E-state index in [1.807, 2.05) is 0 Å². The normalized spacial score (nSPS) is 10.5. The summed E-state index contributed by atoms with van der Waals surface area (Å²) >= 11 is 7.15. The third-order valence-corrected chi connectivity index (χ3v) is 5.78. The monoisotopic (exact) mass is 280 g/mol. The Labute approximate surface area is 109 Å². The Morgan fingerprint density at radius 3 is 1.56 bits per heavy atom. The van der Waals surface area contributed by atoms with E-state index in [2.05, 4.69) is 44.4 Å². The summed E-state index contributed by atoms with van der Waals surface area (Å²) in [6.07, 6.45) is 0. The van der Waals surface area contributed by atoms with Crippen molar-refractivity contribution in [3.63, 3.8) is 0 Å². The van der Waals surface area contributed by atoms with Crippen LogP contribution in [0.5, 0.6) is 0 Å². The predicted molar refractivity (Wildman–Crippen MR) is 79.4 cm³/mol. The highest BCUT2D eigenvalue weighted by Crippen LogP contribution is 2.24. The molecule has 0 bridgehead atoms. The van der Waals surface area contributed by atoms with Crippen molar-refractivity contribution in [2.24, 2.45) is 0 Å². The van der Waals surface area contributed by atoms with Gasteiger partial charge in [0, 0.05) is 30.9 Å². The molecule has 0 aliphatic carbocycles. The molecule has 0 aliphatic rings. The van der Waals surface area contributed by atoms with E-state index in [4.69, 9.17) is 0 Å². The molecule has 0 saturated heterocycles. The standard InChI is InChI=1S/2C6H4S2/c2*1-2-8-6-4-7-3-5(1)6/h2*1-4H. The van der Waals surface area contributed by atoms with Crippen LogP contribution in [0.1, 0.15) is 0 Å². The van der Waals surface area contributed by atoms with Gasteiger partial charge in [0.05, 0.1) is 0 Å². The zero-order valence-corrected chi connectivity index (χ0v) is 11.5. The molecule has 0 nitrogen and oxygen atoms in total. The van der Waals surface area contributed by atoms with E-state index < -0.39 is 0 Å². The van der Waals surface area contributed by atoms with Crippen LogP contribution < -0.4 is 0 Å². The summed E-state index contributed by atoms with van der Waals surface area (Å²) in [6, 6.07) is 4.30. The van der Waals surface area contributed by atoms with Crippen LogP contribution in [0, 0.1) is 0 Å². The number of hydrogen-bond donors (Lipinski definition) is 0. The fraction of sp³-hybridized carbons (Fsp3) is 0. The van der Waals surface area contributed by atoms with Crippen LogP contribution in [0.2, 0.25) is 0 Å². The molecule has 4 rings (SSSR count). The van der Waals surface area contributed by atoms with Crippen LogP contribution in [0.4, 0.5) is 0 Å². The van der Waals surface area contributed by atoms with Gasteiger partial charge in [0.1, 0.15) is 0 Å². The molecule has 4 aromatic rings. The number of hydrogen-bond acceptors (Lipinski definition) is 4. The topological polar surface area (TPSA) is 0 Å². The third-order valence-electron chi connectivity index (χ3n) is 2.19. The third kappa shape index (κ3) is 2.06. The van der Waals surface area contributed by atoms with Gasteiger partial charge in [-0.3, -0.25) is 0 Å². The minimum atomic E-state index is 1.39.